The third-order valence-corrected chi connectivity index (χ3v) is 10.3. The van der Waals surface area contributed by atoms with Gasteiger partial charge >= 0.3 is 0 Å². The van der Waals surface area contributed by atoms with E-state index >= 15 is 0 Å². The molecule has 42 heavy (non-hydrogen) atoms. The summed E-state index contributed by atoms with van der Waals surface area (Å²) in [6, 6.07) is 29.1. The summed E-state index contributed by atoms with van der Waals surface area (Å²) in [5.41, 5.74) is 6.31. The Morgan fingerprint density at radius 1 is 0.738 bits per heavy atom. The first-order valence-corrected chi connectivity index (χ1v) is 14.8. The zero-order chi connectivity index (χ0) is 29.4. The Morgan fingerprint density at radius 2 is 1.17 bits per heavy atom. The van der Waals surface area contributed by atoms with Gasteiger partial charge in [-0.2, -0.15) is 0 Å². The molecule has 4 aromatic rings. The molecule has 0 spiro atoms. The number of rotatable bonds is 5. The van der Waals surface area contributed by atoms with E-state index in [1.165, 1.54) is 0 Å². The first kappa shape index (κ1) is 26.9. The van der Waals surface area contributed by atoms with E-state index in [0.29, 0.717) is 5.69 Å². The van der Waals surface area contributed by atoms with Crippen molar-refractivity contribution < 1.29 is 14.4 Å². The second kappa shape index (κ2) is 9.55. The Bertz CT molecular complexity index is 1640. The monoisotopic (exact) mass is 594 g/mol. The molecule has 0 aromatic heterocycles. The summed E-state index contributed by atoms with van der Waals surface area (Å²) in [6.45, 7) is 3.90. The molecule has 4 aromatic carbocycles. The van der Waals surface area contributed by atoms with Gasteiger partial charge in [0.15, 0.2) is 0 Å². The lowest BCUT2D eigenvalue weighted by Gasteiger charge is -2.54. The highest BCUT2D eigenvalue weighted by atomic mass is 35.5. The lowest BCUT2D eigenvalue weighted by molar-refractivity contribution is -0.146. The van der Waals surface area contributed by atoms with Gasteiger partial charge in [0.25, 0.3) is 0 Å². The van der Waals surface area contributed by atoms with Gasteiger partial charge in [0, 0.05) is 12.1 Å². The van der Waals surface area contributed by atoms with Crippen LogP contribution in [0.15, 0.2) is 97.1 Å². The van der Waals surface area contributed by atoms with Crippen molar-refractivity contribution in [2.24, 2.45) is 11.8 Å². The number of halogens is 2. The molecule has 1 saturated heterocycles. The van der Waals surface area contributed by atoms with Crippen molar-refractivity contribution in [1.29, 1.82) is 0 Å². The maximum Gasteiger partial charge on any atom is 0.248 e. The topological polar surface area (TPSA) is 66.5 Å². The van der Waals surface area contributed by atoms with Crippen LogP contribution in [0.3, 0.4) is 0 Å². The highest BCUT2D eigenvalue weighted by Crippen LogP contribution is 2.69. The van der Waals surface area contributed by atoms with Crippen molar-refractivity contribution in [3.05, 3.63) is 136 Å². The molecule has 3 aliphatic carbocycles. The number of likely N-dealkylation sites (tertiary alicyclic amines) is 1. The van der Waals surface area contributed by atoms with Crippen LogP contribution in [0.1, 0.15) is 38.9 Å². The predicted molar refractivity (Wildman–Crippen MR) is 163 cm³/mol. The number of nitrogens with one attached hydrogen (secondary N) is 1. The summed E-state index contributed by atoms with van der Waals surface area (Å²) in [6.07, 6.45) is 0.152. The van der Waals surface area contributed by atoms with Gasteiger partial charge < -0.3 is 5.32 Å². The summed E-state index contributed by atoms with van der Waals surface area (Å²) in [4.78, 5) is 41.8. The molecular formula is C35H28Cl2N2O3. The molecule has 210 valence electrons. The van der Waals surface area contributed by atoms with Crippen LogP contribution in [0.4, 0.5) is 5.69 Å². The number of alkyl halides is 2. The highest BCUT2D eigenvalue weighted by Gasteiger charge is 2.73. The smallest absolute Gasteiger partial charge is 0.248 e. The Kier molecular flexibility index (Phi) is 6.12. The molecule has 8 rings (SSSR count). The van der Waals surface area contributed by atoms with Crippen LogP contribution in [-0.4, -0.2) is 28.7 Å². The molecule has 0 saturated carbocycles. The third kappa shape index (κ3) is 3.66. The molecule has 1 aliphatic heterocycles. The molecule has 5 nitrogen and oxygen atoms in total. The summed E-state index contributed by atoms with van der Waals surface area (Å²) >= 11 is 15.2. The van der Waals surface area contributed by atoms with Gasteiger partial charge in [-0.05, 0) is 64.9 Å². The lowest BCUT2D eigenvalue weighted by atomic mass is 9.54. The Morgan fingerprint density at radius 3 is 1.62 bits per heavy atom. The van der Waals surface area contributed by atoms with Crippen LogP contribution >= 0.6 is 23.2 Å². The van der Waals surface area contributed by atoms with E-state index in [2.05, 4.69) is 5.32 Å². The second-order valence-corrected chi connectivity index (χ2v) is 12.8. The molecule has 0 radical (unpaired) electrons. The van der Waals surface area contributed by atoms with Crippen LogP contribution in [0.2, 0.25) is 0 Å². The van der Waals surface area contributed by atoms with Crippen LogP contribution in [-0.2, 0) is 30.6 Å². The van der Waals surface area contributed by atoms with Gasteiger partial charge in [0.05, 0.1) is 11.8 Å². The number of aryl methyl sites for hydroxylation is 2. The van der Waals surface area contributed by atoms with Gasteiger partial charge in [0.1, 0.15) is 15.8 Å². The fraction of sp³-hybridized carbons (Fsp3) is 0.229. The van der Waals surface area contributed by atoms with Crippen LogP contribution in [0, 0.1) is 25.7 Å². The van der Waals surface area contributed by atoms with Crippen LogP contribution < -0.4 is 5.32 Å². The van der Waals surface area contributed by atoms with E-state index < -0.39 is 45.3 Å². The van der Waals surface area contributed by atoms with E-state index in [-0.39, 0.29) is 6.42 Å². The number of carbonyl (C=O) groups is 3. The van der Waals surface area contributed by atoms with Crippen LogP contribution in [0.5, 0.6) is 0 Å². The number of hydrogen-bond acceptors (Lipinski definition) is 3. The molecule has 1 fully saturated rings. The standard InChI is InChI=1S/C35H28Cl2N2O3/c1-20-16-21(2)18-23(17-20)38-31(40)28(19-22-10-4-3-5-11-22)39-32(41)29-30(33(39)42)35(37)25-13-7-6-12-24(25)34(29,36)26-14-8-9-15-27(26)35/h3-18,28-30H,19H2,1-2H3,(H,38,40)/t28-,29-,30+,34?,35?/m0/s1. The molecular weight excluding hydrogens is 567 g/mol. The maximum absolute atomic E-state index is 14.6. The Balaban J connectivity index is 1.36. The summed E-state index contributed by atoms with van der Waals surface area (Å²) in [5.74, 6) is -3.35. The van der Waals surface area contributed by atoms with Gasteiger partial charge in [-0.25, -0.2) is 0 Å². The second-order valence-electron chi connectivity index (χ2n) is 11.6. The minimum absolute atomic E-state index is 0.152. The summed E-state index contributed by atoms with van der Waals surface area (Å²) in [5, 5.41) is 2.98. The van der Waals surface area contributed by atoms with Gasteiger partial charge in [-0.15, -0.1) is 23.2 Å². The number of hydrogen-bond donors (Lipinski definition) is 1. The zero-order valence-electron chi connectivity index (χ0n) is 23.1. The number of imide groups is 1. The first-order valence-electron chi connectivity index (χ1n) is 14.0. The summed E-state index contributed by atoms with van der Waals surface area (Å²) in [7, 11) is 0. The molecule has 4 aliphatic rings. The predicted octanol–water partition coefficient (Wildman–Crippen LogP) is 6.45. The third-order valence-electron chi connectivity index (χ3n) is 8.99. The Hall–Kier alpha value is -3.93. The van der Waals surface area contributed by atoms with Gasteiger partial charge in [0.2, 0.25) is 17.7 Å². The minimum atomic E-state index is -1.31. The maximum atomic E-state index is 14.6. The average molecular weight is 596 g/mol. The number of nitrogens with zero attached hydrogens (tertiary/aromatic N) is 1. The quantitative estimate of drug-likeness (QED) is 0.213. The van der Waals surface area contributed by atoms with E-state index in [1.807, 2.05) is 111 Å². The molecule has 3 atom stereocenters. The van der Waals surface area contributed by atoms with Crippen molar-refractivity contribution in [3.63, 3.8) is 0 Å². The van der Waals surface area contributed by atoms with Crippen molar-refractivity contribution in [1.82, 2.24) is 4.90 Å². The fourth-order valence-corrected chi connectivity index (χ4v) is 8.50. The molecule has 7 heteroatoms. The molecule has 3 amide bonds. The molecule has 0 unspecified atom stereocenters. The largest absolute Gasteiger partial charge is 0.324 e. The normalized spacial score (nSPS) is 26.0. The van der Waals surface area contributed by atoms with E-state index in [4.69, 9.17) is 23.2 Å². The number of anilines is 1. The number of amides is 3. The summed E-state index contributed by atoms with van der Waals surface area (Å²) < 4.78 is 0. The fourth-order valence-electron chi connectivity index (χ4n) is 7.41. The number of benzene rings is 4. The van der Waals surface area contributed by atoms with E-state index in [1.54, 1.807) is 0 Å². The van der Waals surface area contributed by atoms with E-state index in [0.717, 1.165) is 43.8 Å². The zero-order valence-corrected chi connectivity index (χ0v) is 24.6. The SMILES string of the molecule is Cc1cc(C)cc(NC(=O)[C@H](Cc2ccccc2)N2C(=O)[C@@H]3[C@H](C2=O)C2(Cl)c4ccccc4C3(Cl)c3ccccc32)c1. The first-order chi connectivity index (χ1) is 20.2. The van der Waals surface area contributed by atoms with Crippen molar-refractivity contribution >= 4 is 46.6 Å². The Labute approximate surface area is 254 Å². The van der Waals surface area contributed by atoms with Gasteiger partial charge in [-0.3, -0.25) is 19.3 Å². The van der Waals surface area contributed by atoms with Crippen LogP contribution in [0.25, 0.3) is 0 Å². The minimum Gasteiger partial charge on any atom is -0.324 e. The van der Waals surface area contributed by atoms with Crippen molar-refractivity contribution in [2.45, 2.75) is 36.1 Å². The highest BCUT2D eigenvalue weighted by molar-refractivity contribution is 6.36. The average Bonchev–Trinajstić information content (AvgIpc) is 3.25. The van der Waals surface area contributed by atoms with Crippen molar-refractivity contribution in [2.75, 3.05) is 5.32 Å². The molecule has 1 N–H and O–H groups in total. The molecule has 1 heterocycles. The lowest BCUT2D eigenvalue weighted by Crippen LogP contribution is -2.57. The molecule has 2 bridgehead atoms. The van der Waals surface area contributed by atoms with Crippen molar-refractivity contribution in [3.8, 4) is 0 Å². The van der Waals surface area contributed by atoms with Gasteiger partial charge in [-0.1, -0.05) is 84.9 Å². The van der Waals surface area contributed by atoms with E-state index in [9.17, 15) is 14.4 Å². The number of carbonyl (C=O) groups excluding carboxylic acids is 3.